The largest absolute Gasteiger partial charge is 0.494 e. The summed E-state index contributed by atoms with van der Waals surface area (Å²) in [5, 5.41) is 0. The van der Waals surface area contributed by atoms with Crippen molar-refractivity contribution in [2.75, 3.05) is 31.3 Å². The van der Waals surface area contributed by atoms with E-state index < -0.39 is 17.8 Å². The highest BCUT2D eigenvalue weighted by molar-refractivity contribution is 6.34. The number of fused-ring (bicyclic) bond motifs is 1. The number of esters is 1. The molecule has 0 atom stereocenters. The highest BCUT2D eigenvalue weighted by Crippen LogP contribution is 2.30. The van der Waals surface area contributed by atoms with Crippen LogP contribution in [0.15, 0.2) is 42.5 Å². The summed E-state index contributed by atoms with van der Waals surface area (Å²) >= 11 is 0. The number of nitrogens with zero attached hydrogens (tertiary/aromatic N) is 1. The first kappa shape index (κ1) is 19.6. The van der Waals surface area contributed by atoms with Gasteiger partial charge in [-0.15, -0.1) is 0 Å². The SMILES string of the molecule is CCOCCOC(=O)c1ccc2c(c1)C(=O)N(c1ccc(OCC)cc1)C2=O. The van der Waals surface area contributed by atoms with E-state index in [1.807, 2.05) is 13.8 Å². The Balaban J connectivity index is 1.78. The van der Waals surface area contributed by atoms with Crippen molar-refractivity contribution < 1.29 is 28.6 Å². The Morgan fingerprint density at radius 1 is 0.893 bits per heavy atom. The molecule has 1 heterocycles. The van der Waals surface area contributed by atoms with E-state index in [2.05, 4.69) is 0 Å². The standard InChI is InChI=1S/C21H21NO6/c1-3-26-11-12-28-21(25)14-5-10-17-18(13-14)20(24)22(19(17)23)15-6-8-16(9-7-15)27-4-2/h5-10,13H,3-4,11-12H2,1-2H3. The lowest BCUT2D eigenvalue weighted by Gasteiger charge is -2.14. The van der Waals surface area contributed by atoms with Crippen LogP contribution in [0.3, 0.4) is 0 Å². The third-order valence-corrected chi connectivity index (χ3v) is 4.19. The van der Waals surface area contributed by atoms with Crippen molar-refractivity contribution in [3.05, 3.63) is 59.2 Å². The fourth-order valence-corrected chi connectivity index (χ4v) is 2.88. The molecule has 1 aliphatic heterocycles. The Morgan fingerprint density at radius 3 is 2.29 bits per heavy atom. The van der Waals surface area contributed by atoms with Crippen LogP contribution in [0.4, 0.5) is 5.69 Å². The summed E-state index contributed by atoms with van der Waals surface area (Å²) in [5.74, 6) is -0.823. The van der Waals surface area contributed by atoms with Gasteiger partial charge in [0.05, 0.1) is 35.6 Å². The van der Waals surface area contributed by atoms with Gasteiger partial charge in [-0.25, -0.2) is 9.69 Å². The number of hydrogen-bond donors (Lipinski definition) is 0. The molecule has 0 saturated carbocycles. The number of carbonyl (C=O) groups is 3. The second-order valence-electron chi connectivity index (χ2n) is 5.97. The highest BCUT2D eigenvalue weighted by Gasteiger charge is 2.37. The second-order valence-corrected chi connectivity index (χ2v) is 5.97. The lowest BCUT2D eigenvalue weighted by molar-refractivity contribution is 0.0335. The maximum absolute atomic E-state index is 12.8. The van der Waals surface area contributed by atoms with Crippen molar-refractivity contribution in [3.8, 4) is 5.75 Å². The maximum atomic E-state index is 12.8. The van der Waals surface area contributed by atoms with Crippen LogP contribution >= 0.6 is 0 Å². The van der Waals surface area contributed by atoms with Gasteiger partial charge in [-0.2, -0.15) is 0 Å². The minimum Gasteiger partial charge on any atom is -0.494 e. The lowest BCUT2D eigenvalue weighted by Crippen LogP contribution is -2.29. The number of hydrogen-bond acceptors (Lipinski definition) is 6. The maximum Gasteiger partial charge on any atom is 0.338 e. The van der Waals surface area contributed by atoms with Gasteiger partial charge in [0.2, 0.25) is 0 Å². The average molecular weight is 383 g/mol. The van der Waals surface area contributed by atoms with E-state index in [1.54, 1.807) is 24.3 Å². The summed E-state index contributed by atoms with van der Waals surface area (Å²) in [6.07, 6.45) is 0. The smallest absolute Gasteiger partial charge is 0.338 e. The van der Waals surface area contributed by atoms with Gasteiger partial charge in [-0.1, -0.05) is 0 Å². The zero-order valence-electron chi connectivity index (χ0n) is 15.8. The fraction of sp³-hybridized carbons (Fsp3) is 0.286. The van der Waals surface area contributed by atoms with Crippen molar-refractivity contribution in [3.63, 3.8) is 0 Å². The molecule has 7 heteroatoms. The molecule has 0 aliphatic carbocycles. The van der Waals surface area contributed by atoms with Gasteiger partial charge in [0, 0.05) is 6.61 Å². The van der Waals surface area contributed by atoms with Crippen LogP contribution in [0.25, 0.3) is 0 Å². The normalized spacial score (nSPS) is 12.9. The Morgan fingerprint density at radius 2 is 1.61 bits per heavy atom. The summed E-state index contributed by atoms with van der Waals surface area (Å²) in [4.78, 5) is 38.7. The number of ether oxygens (including phenoxy) is 3. The molecule has 0 aromatic heterocycles. The van der Waals surface area contributed by atoms with E-state index in [0.717, 1.165) is 4.90 Å². The van der Waals surface area contributed by atoms with Gasteiger partial charge in [0.1, 0.15) is 12.4 Å². The van der Waals surface area contributed by atoms with Crippen LogP contribution in [-0.2, 0) is 9.47 Å². The molecule has 2 amide bonds. The Hall–Kier alpha value is -3.19. The van der Waals surface area contributed by atoms with Crippen molar-refractivity contribution in [2.24, 2.45) is 0 Å². The molecular weight excluding hydrogens is 362 g/mol. The fourth-order valence-electron chi connectivity index (χ4n) is 2.88. The molecular formula is C21H21NO6. The number of carbonyl (C=O) groups excluding carboxylic acids is 3. The predicted octanol–water partition coefficient (Wildman–Crippen LogP) is 3.08. The van der Waals surface area contributed by atoms with Crippen LogP contribution in [-0.4, -0.2) is 44.2 Å². The molecule has 0 fully saturated rings. The van der Waals surface area contributed by atoms with E-state index in [-0.39, 0.29) is 23.3 Å². The van der Waals surface area contributed by atoms with Crippen molar-refractivity contribution in [1.29, 1.82) is 0 Å². The quantitative estimate of drug-likeness (QED) is 0.396. The van der Waals surface area contributed by atoms with E-state index >= 15 is 0 Å². The number of benzene rings is 2. The minimum atomic E-state index is -0.567. The molecule has 2 aromatic carbocycles. The summed E-state index contributed by atoms with van der Waals surface area (Å²) < 4.78 is 15.6. The first-order valence-corrected chi connectivity index (χ1v) is 9.07. The first-order valence-electron chi connectivity index (χ1n) is 9.07. The van der Waals surface area contributed by atoms with Crippen LogP contribution in [0.1, 0.15) is 44.9 Å². The highest BCUT2D eigenvalue weighted by atomic mass is 16.6. The van der Waals surface area contributed by atoms with Crippen LogP contribution in [0.2, 0.25) is 0 Å². The van der Waals surface area contributed by atoms with Crippen molar-refractivity contribution in [1.82, 2.24) is 0 Å². The summed E-state index contributed by atoms with van der Waals surface area (Å²) in [7, 11) is 0. The zero-order valence-corrected chi connectivity index (χ0v) is 15.8. The molecule has 7 nitrogen and oxygen atoms in total. The van der Waals surface area contributed by atoms with E-state index in [9.17, 15) is 14.4 Å². The van der Waals surface area contributed by atoms with Crippen molar-refractivity contribution >= 4 is 23.5 Å². The third-order valence-electron chi connectivity index (χ3n) is 4.19. The molecule has 0 N–H and O–H groups in total. The van der Waals surface area contributed by atoms with Crippen LogP contribution in [0.5, 0.6) is 5.75 Å². The third kappa shape index (κ3) is 3.89. The topological polar surface area (TPSA) is 82.1 Å². The molecule has 0 bridgehead atoms. The van der Waals surface area contributed by atoms with Crippen LogP contribution < -0.4 is 9.64 Å². The number of amides is 2. The summed E-state index contributed by atoms with van der Waals surface area (Å²) in [5.41, 5.74) is 1.09. The van der Waals surface area contributed by atoms with Gasteiger partial charge in [0.15, 0.2) is 0 Å². The molecule has 0 radical (unpaired) electrons. The van der Waals surface area contributed by atoms with Gasteiger partial charge < -0.3 is 14.2 Å². The number of rotatable bonds is 8. The molecule has 3 rings (SSSR count). The Kier molecular flexibility index (Phi) is 6.06. The average Bonchev–Trinajstić information content (AvgIpc) is 2.96. The molecule has 28 heavy (non-hydrogen) atoms. The monoisotopic (exact) mass is 383 g/mol. The Labute approximate surface area is 162 Å². The molecule has 0 spiro atoms. The van der Waals surface area contributed by atoms with Gasteiger partial charge in [-0.3, -0.25) is 9.59 Å². The van der Waals surface area contributed by atoms with E-state index in [0.29, 0.717) is 31.3 Å². The van der Waals surface area contributed by atoms with E-state index in [1.165, 1.54) is 18.2 Å². The minimum absolute atomic E-state index is 0.120. The van der Waals surface area contributed by atoms with Gasteiger partial charge >= 0.3 is 5.97 Å². The zero-order chi connectivity index (χ0) is 20.1. The summed E-state index contributed by atoms with van der Waals surface area (Å²) in [6.45, 7) is 5.20. The molecule has 0 saturated heterocycles. The van der Waals surface area contributed by atoms with E-state index in [4.69, 9.17) is 14.2 Å². The first-order chi connectivity index (χ1) is 13.6. The number of imide groups is 1. The second kappa shape index (κ2) is 8.67. The lowest BCUT2D eigenvalue weighted by atomic mass is 10.1. The Bertz CT molecular complexity index is 890. The van der Waals surface area contributed by atoms with Crippen LogP contribution in [0, 0.1) is 0 Å². The van der Waals surface area contributed by atoms with Gasteiger partial charge in [0.25, 0.3) is 11.8 Å². The predicted molar refractivity (Wildman–Crippen MR) is 102 cm³/mol. The number of anilines is 1. The molecule has 1 aliphatic rings. The molecule has 146 valence electrons. The van der Waals surface area contributed by atoms with Gasteiger partial charge in [-0.05, 0) is 56.3 Å². The summed E-state index contributed by atoms with van der Waals surface area (Å²) in [6, 6.07) is 11.0. The molecule has 2 aromatic rings. The molecule has 0 unspecified atom stereocenters. The van der Waals surface area contributed by atoms with Crippen molar-refractivity contribution in [2.45, 2.75) is 13.8 Å².